The first-order valence-electron chi connectivity index (χ1n) is 6.56. The molecular weight excluding hydrogens is 323 g/mol. The summed E-state index contributed by atoms with van der Waals surface area (Å²) in [5.74, 6) is -1.53. The van der Waals surface area contributed by atoms with Crippen molar-refractivity contribution in [3.05, 3.63) is 63.6 Å². The van der Waals surface area contributed by atoms with E-state index < -0.39 is 11.8 Å². The highest BCUT2D eigenvalue weighted by atomic mass is 35.5. The van der Waals surface area contributed by atoms with Crippen LogP contribution in [-0.4, -0.2) is 11.8 Å². The van der Waals surface area contributed by atoms with Crippen molar-refractivity contribution in [2.24, 2.45) is 0 Å². The Morgan fingerprint density at radius 1 is 1.00 bits per heavy atom. The lowest BCUT2D eigenvalue weighted by molar-refractivity contribution is -0.136. The van der Waals surface area contributed by atoms with E-state index in [0.29, 0.717) is 10.7 Å². The average molecular weight is 337 g/mol. The van der Waals surface area contributed by atoms with E-state index in [4.69, 9.17) is 23.2 Å². The largest absolute Gasteiger partial charge is 0.344 e. The van der Waals surface area contributed by atoms with Crippen LogP contribution in [0.25, 0.3) is 0 Å². The molecule has 2 N–H and O–H groups in total. The highest BCUT2D eigenvalue weighted by Crippen LogP contribution is 2.29. The third-order valence-electron chi connectivity index (χ3n) is 2.98. The van der Waals surface area contributed by atoms with Gasteiger partial charge in [0.2, 0.25) is 0 Å². The van der Waals surface area contributed by atoms with Crippen LogP contribution >= 0.6 is 23.2 Å². The van der Waals surface area contributed by atoms with Gasteiger partial charge in [-0.05, 0) is 24.6 Å². The second-order valence-electron chi connectivity index (χ2n) is 4.72. The number of benzene rings is 2. The van der Waals surface area contributed by atoms with Crippen LogP contribution in [0.3, 0.4) is 0 Å². The Labute approximate surface area is 138 Å². The van der Waals surface area contributed by atoms with E-state index in [1.165, 1.54) is 0 Å². The second-order valence-corrected chi connectivity index (χ2v) is 5.51. The van der Waals surface area contributed by atoms with Gasteiger partial charge in [-0.15, -0.1) is 0 Å². The predicted molar refractivity (Wildman–Crippen MR) is 88.1 cm³/mol. The summed E-state index contributed by atoms with van der Waals surface area (Å²) in [5.41, 5.74) is 2.33. The number of amides is 2. The van der Waals surface area contributed by atoms with Gasteiger partial charge in [0.15, 0.2) is 0 Å². The Hall–Kier alpha value is -2.04. The summed E-state index contributed by atoms with van der Waals surface area (Å²) >= 11 is 11.8. The average Bonchev–Trinajstić information content (AvgIpc) is 2.51. The molecule has 0 heterocycles. The predicted octanol–water partition coefficient (Wildman–Crippen LogP) is 3.56. The van der Waals surface area contributed by atoms with Crippen LogP contribution in [0.5, 0.6) is 0 Å². The summed E-state index contributed by atoms with van der Waals surface area (Å²) in [6, 6.07) is 12.5. The van der Waals surface area contributed by atoms with Crippen LogP contribution in [0.2, 0.25) is 10.0 Å². The maximum atomic E-state index is 11.8. The molecule has 4 nitrogen and oxygen atoms in total. The third-order valence-corrected chi connectivity index (χ3v) is 3.80. The van der Waals surface area contributed by atoms with Gasteiger partial charge in [-0.1, -0.05) is 59.1 Å². The Morgan fingerprint density at radius 2 is 1.68 bits per heavy atom. The maximum Gasteiger partial charge on any atom is 0.313 e. The van der Waals surface area contributed by atoms with E-state index >= 15 is 0 Å². The number of nitrogens with one attached hydrogen (secondary N) is 2. The minimum Gasteiger partial charge on any atom is -0.344 e. The van der Waals surface area contributed by atoms with E-state index in [0.717, 1.165) is 11.1 Å². The number of aryl methyl sites for hydroxylation is 1. The van der Waals surface area contributed by atoms with Crippen molar-refractivity contribution in [2.45, 2.75) is 13.5 Å². The summed E-state index contributed by atoms with van der Waals surface area (Å²) < 4.78 is 0. The van der Waals surface area contributed by atoms with Gasteiger partial charge in [0.1, 0.15) is 0 Å². The molecule has 0 radical (unpaired) electrons. The molecule has 2 aromatic carbocycles. The minimum atomic E-state index is -0.795. The van der Waals surface area contributed by atoms with Crippen molar-refractivity contribution in [1.82, 2.24) is 5.32 Å². The van der Waals surface area contributed by atoms with Gasteiger partial charge in [0, 0.05) is 6.54 Å². The Kier molecular flexibility index (Phi) is 5.41. The van der Waals surface area contributed by atoms with Crippen molar-refractivity contribution < 1.29 is 9.59 Å². The van der Waals surface area contributed by atoms with Gasteiger partial charge in [0.05, 0.1) is 15.7 Å². The second kappa shape index (κ2) is 7.29. The highest BCUT2D eigenvalue weighted by molar-refractivity contribution is 6.45. The molecular formula is C16H14Cl2N2O2. The van der Waals surface area contributed by atoms with Crippen LogP contribution in [0.15, 0.2) is 42.5 Å². The number of carbonyl (C=O) groups is 2. The molecule has 2 aromatic rings. The third kappa shape index (κ3) is 4.23. The first-order chi connectivity index (χ1) is 10.5. The van der Waals surface area contributed by atoms with Gasteiger partial charge >= 0.3 is 11.8 Å². The minimum absolute atomic E-state index is 0.198. The number of rotatable bonds is 3. The molecule has 0 saturated carbocycles. The number of halogens is 2. The smallest absolute Gasteiger partial charge is 0.313 e. The quantitative estimate of drug-likeness (QED) is 0.842. The van der Waals surface area contributed by atoms with Crippen molar-refractivity contribution >= 4 is 40.7 Å². The molecule has 0 spiro atoms. The zero-order chi connectivity index (χ0) is 16.1. The van der Waals surface area contributed by atoms with Crippen molar-refractivity contribution in [3.8, 4) is 0 Å². The molecule has 0 bridgehead atoms. The zero-order valence-electron chi connectivity index (χ0n) is 11.8. The molecule has 0 aliphatic rings. The lowest BCUT2D eigenvalue weighted by atomic mass is 10.1. The molecule has 0 saturated heterocycles. The molecule has 0 atom stereocenters. The van der Waals surface area contributed by atoms with E-state index in [1.807, 2.05) is 31.2 Å². The first kappa shape index (κ1) is 16.3. The molecule has 22 heavy (non-hydrogen) atoms. The van der Waals surface area contributed by atoms with Crippen LogP contribution in [0.1, 0.15) is 11.1 Å². The molecule has 0 fully saturated rings. The van der Waals surface area contributed by atoms with Crippen molar-refractivity contribution in [1.29, 1.82) is 0 Å². The van der Waals surface area contributed by atoms with E-state index in [9.17, 15) is 9.59 Å². The molecule has 114 valence electrons. The molecule has 0 aliphatic carbocycles. The van der Waals surface area contributed by atoms with Crippen molar-refractivity contribution in [3.63, 3.8) is 0 Å². The van der Waals surface area contributed by atoms with Gasteiger partial charge in [0.25, 0.3) is 0 Å². The maximum absolute atomic E-state index is 11.8. The van der Waals surface area contributed by atoms with E-state index in [1.54, 1.807) is 18.2 Å². The first-order valence-corrected chi connectivity index (χ1v) is 7.31. The fourth-order valence-corrected chi connectivity index (χ4v) is 2.10. The number of hydrogen-bond donors (Lipinski definition) is 2. The molecule has 2 amide bonds. The Morgan fingerprint density at radius 3 is 2.36 bits per heavy atom. The molecule has 0 unspecified atom stereocenters. The van der Waals surface area contributed by atoms with Gasteiger partial charge in [-0.3, -0.25) is 9.59 Å². The fraction of sp³-hybridized carbons (Fsp3) is 0.125. The number of hydrogen-bond acceptors (Lipinski definition) is 2. The topological polar surface area (TPSA) is 58.2 Å². The molecule has 0 aliphatic heterocycles. The van der Waals surface area contributed by atoms with Crippen LogP contribution in [0.4, 0.5) is 5.69 Å². The lowest BCUT2D eigenvalue weighted by Gasteiger charge is -2.09. The zero-order valence-corrected chi connectivity index (χ0v) is 13.3. The van der Waals surface area contributed by atoms with Gasteiger partial charge < -0.3 is 10.6 Å². The monoisotopic (exact) mass is 336 g/mol. The Bertz CT molecular complexity index is 700. The van der Waals surface area contributed by atoms with Crippen LogP contribution < -0.4 is 10.6 Å². The van der Waals surface area contributed by atoms with Crippen molar-refractivity contribution in [2.75, 3.05) is 5.32 Å². The molecule has 0 aromatic heterocycles. The van der Waals surface area contributed by atoms with E-state index in [-0.39, 0.29) is 11.6 Å². The standard InChI is InChI=1S/C16H14Cl2N2O2/c1-10-5-7-11(8-6-10)9-19-15(21)16(22)20-13-4-2-3-12(17)14(13)18/h2-8H,9H2,1H3,(H,19,21)(H,20,22). The van der Waals surface area contributed by atoms with Crippen LogP contribution in [0, 0.1) is 6.92 Å². The summed E-state index contributed by atoms with van der Waals surface area (Å²) in [6.45, 7) is 2.25. The number of anilines is 1. The summed E-state index contributed by atoms with van der Waals surface area (Å²) in [5, 5.41) is 5.48. The summed E-state index contributed by atoms with van der Waals surface area (Å²) in [7, 11) is 0. The summed E-state index contributed by atoms with van der Waals surface area (Å²) in [4.78, 5) is 23.6. The number of carbonyl (C=O) groups excluding carboxylic acids is 2. The van der Waals surface area contributed by atoms with Crippen LogP contribution in [-0.2, 0) is 16.1 Å². The normalized spacial score (nSPS) is 10.1. The fourth-order valence-electron chi connectivity index (χ4n) is 1.75. The SMILES string of the molecule is Cc1ccc(CNC(=O)C(=O)Nc2cccc(Cl)c2Cl)cc1. The Balaban J connectivity index is 1.93. The highest BCUT2D eigenvalue weighted by Gasteiger charge is 2.15. The molecule has 2 rings (SSSR count). The summed E-state index contributed by atoms with van der Waals surface area (Å²) in [6.07, 6.45) is 0. The lowest BCUT2D eigenvalue weighted by Crippen LogP contribution is -2.35. The molecule has 6 heteroatoms. The van der Waals surface area contributed by atoms with Gasteiger partial charge in [-0.2, -0.15) is 0 Å². The van der Waals surface area contributed by atoms with E-state index in [2.05, 4.69) is 10.6 Å². The van der Waals surface area contributed by atoms with Gasteiger partial charge in [-0.25, -0.2) is 0 Å².